The van der Waals surface area contributed by atoms with Gasteiger partial charge in [-0.3, -0.25) is 14.8 Å². The number of amides is 2. The zero-order valence-corrected chi connectivity index (χ0v) is 19.0. The number of hydroxylamine groups is 2. The lowest BCUT2D eigenvalue weighted by atomic mass is 9.86. The Morgan fingerprint density at radius 3 is 2.59 bits per heavy atom. The lowest BCUT2D eigenvalue weighted by molar-refractivity contribution is -0.148. The normalized spacial score (nSPS) is 16.1. The number of aromatic nitrogens is 2. The third-order valence-electron chi connectivity index (χ3n) is 5.78. The van der Waals surface area contributed by atoms with Crippen LogP contribution in [0.1, 0.15) is 64.8 Å². The standard InChI is InChI=1S/C24H32N4O4/c1-24(2,3)20(23-26-21(27-32-23)18-11-5-4-6-12-18)25-22(30)19(15-28(31)16-29)14-13-17-9-7-8-10-17/h4-6,11-12,14,16-17,20,31H,7-10,13,15H2,1-3H3,(H,25,30). The first-order valence-electron chi connectivity index (χ1n) is 11.1. The van der Waals surface area contributed by atoms with Crippen molar-refractivity contribution in [2.45, 2.75) is 58.9 Å². The van der Waals surface area contributed by atoms with E-state index in [0.717, 1.165) is 24.8 Å². The molecule has 1 aromatic heterocycles. The van der Waals surface area contributed by atoms with Gasteiger partial charge in [-0.2, -0.15) is 4.98 Å². The third-order valence-corrected chi connectivity index (χ3v) is 5.78. The molecule has 1 saturated carbocycles. The van der Waals surface area contributed by atoms with Gasteiger partial charge in [-0.1, -0.05) is 88.0 Å². The fraction of sp³-hybridized carbons (Fsp3) is 0.500. The Bertz CT molecular complexity index is 927. The number of hydrogen-bond acceptors (Lipinski definition) is 6. The molecule has 0 spiro atoms. The molecule has 0 bridgehead atoms. The van der Waals surface area contributed by atoms with Gasteiger partial charge < -0.3 is 9.84 Å². The molecule has 8 nitrogen and oxygen atoms in total. The summed E-state index contributed by atoms with van der Waals surface area (Å²) < 4.78 is 5.52. The molecule has 1 aromatic carbocycles. The monoisotopic (exact) mass is 440 g/mol. The summed E-state index contributed by atoms with van der Waals surface area (Å²) in [6.45, 7) is 5.72. The van der Waals surface area contributed by atoms with E-state index in [1.165, 1.54) is 12.8 Å². The fourth-order valence-corrected chi connectivity index (χ4v) is 3.93. The lowest BCUT2D eigenvalue weighted by Gasteiger charge is -2.29. The molecule has 1 unspecified atom stereocenters. The largest absolute Gasteiger partial charge is 0.340 e. The van der Waals surface area contributed by atoms with E-state index in [0.29, 0.717) is 34.7 Å². The van der Waals surface area contributed by atoms with Crippen molar-refractivity contribution in [2.24, 2.45) is 11.3 Å². The van der Waals surface area contributed by atoms with Gasteiger partial charge in [0, 0.05) is 11.1 Å². The summed E-state index contributed by atoms with van der Waals surface area (Å²) in [7, 11) is 0. The summed E-state index contributed by atoms with van der Waals surface area (Å²) in [6.07, 6.45) is 7.55. The number of nitrogens with one attached hydrogen (secondary N) is 1. The molecule has 2 amide bonds. The van der Waals surface area contributed by atoms with Crippen molar-refractivity contribution >= 4 is 12.3 Å². The molecule has 0 radical (unpaired) electrons. The Hall–Kier alpha value is -3.00. The van der Waals surface area contributed by atoms with Gasteiger partial charge in [-0.25, -0.2) is 5.06 Å². The summed E-state index contributed by atoms with van der Waals surface area (Å²) in [5.41, 5.74) is 0.736. The molecule has 1 aliphatic rings. The van der Waals surface area contributed by atoms with Crippen LogP contribution in [-0.2, 0) is 9.59 Å². The van der Waals surface area contributed by atoms with E-state index in [1.807, 2.05) is 57.2 Å². The highest BCUT2D eigenvalue weighted by Gasteiger charge is 2.34. The van der Waals surface area contributed by atoms with Crippen LogP contribution in [0.2, 0.25) is 0 Å². The number of carbonyl (C=O) groups excluding carboxylic acids is 2. The lowest BCUT2D eigenvalue weighted by Crippen LogP contribution is -2.39. The van der Waals surface area contributed by atoms with Crippen LogP contribution in [0.15, 0.2) is 46.5 Å². The molecule has 32 heavy (non-hydrogen) atoms. The number of benzene rings is 1. The minimum Gasteiger partial charge on any atom is -0.340 e. The smallest absolute Gasteiger partial charge is 0.250 e. The third kappa shape index (κ3) is 6.26. The maximum Gasteiger partial charge on any atom is 0.250 e. The molecule has 2 N–H and O–H groups in total. The average molecular weight is 441 g/mol. The van der Waals surface area contributed by atoms with Gasteiger partial charge in [-0.05, 0) is 17.8 Å². The molecule has 0 saturated heterocycles. The van der Waals surface area contributed by atoms with Gasteiger partial charge >= 0.3 is 0 Å². The van der Waals surface area contributed by atoms with Crippen LogP contribution in [0.25, 0.3) is 11.4 Å². The molecule has 172 valence electrons. The van der Waals surface area contributed by atoms with Crippen molar-refractivity contribution in [2.75, 3.05) is 6.54 Å². The van der Waals surface area contributed by atoms with Gasteiger partial charge in [0.15, 0.2) is 0 Å². The van der Waals surface area contributed by atoms with E-state index in [2.05, 4.69) is 15.5 Å². The molecular weight excluding hydrogens is 408 g/mol. The second kappa shape index (κ2) is 10.5. The SMILES string of the molecule is CC(C)(C)C(NC(=O)C(=CCC1CCCC1)CN(O)C=O)c1nc(-c2ccccc2)no1. The van der Waals surface area contributed by atoms with Crippen molar-refractivity contribution in [3.05, 3.63) is 47.9 Å². The highest BCUT2D eigenvalue weighted by Crippen LogP contribution is 2.33. The maximum atomic E-state index is 13.2. The number of nitrogens with zero attached hydrogens (tertiary/aromatic N) is 3. The fourth-order valence-electron chi connectivity index (χ4n) is 3.93. The molecule has 3 rings (SSSR count). The Labute approximate surface area is 188 Å². The molecule has 0 aliphatic heterocycles. The van der Waals surface area contributed by atoms with Crippen LogP contribution in [0.3, 0.4) is 0 Å². The second-order valence-corrected chi connectivity index (χ2v) is 9.41. The summed E-state index contributed by atoms with van der Waals surface area (Å²) in [5, 5.41) is 17.3. The van der Waals surface area contributed by atoms with E-state index in [-0.39, 0.29) is 12.5 Å². The molecule has 2 aromatic rings. The summed E-state index contributed by atoms with van der Waals surface area (Å²) in [5.74, 6) is 0.909. The summed E-state index contributed by atoms with van der Waals surface area (Å²) in [4.78, 5) is 28.6. The van der Waals surface area contributed by atoms with Crippen LogP contribution in [0.4, 0.5) is 0 Å². The predicted octanol–water partition coefficient (Wildman–Crippen LogP) is 4.29. The summed E-state index contributed by atoms with van der Waals surface area (Å²) >= 11 is 0. The van der Waals surface area contributed by atoms with E-state index in [4.69, 9.17) is 4.52 Å². The van der Waals surface area contributed by atoms with E-state index >= 15 is 0 Å². The quantitative estimate of drug-likeness (QED) is 0.261. The van der Waals surface area contributed by atoms with Gasteiger partial charge in [0.05, 0.1) is 6.54 Å². The molecule has 1 fully saturated rings. The minimum atomic E-state index is -0.557. The Balaban J connectivity index is 1.81. The number of allylic oxidation sites excluding steroid dienone is 1. The average Bonchev–Trinajstić information content (AvgIpc) is 3.46. The predicted molar refractivity (Wildman–Crippen MR) is 119 cm³/mol. The number of carbonyl (C=O) groups is 2. The molecular formula is C24H32N4O4. The second-order valence-electron chi connectivity index (χ2n) is 9.41. The first-order valence-corrected chi connectivity index (χ1v) is 11.1. The van der Waals surface area contributed by atoms with Crippen LogP contribution >= 0.6 is 0 Å². The zero-order valence-electron chi connectivity index (χ0n) is 19.0. The van der Waals surface area contributed by atoms with Gasteiger partial charge in [0.25, 0.3) is 0 Å². The Morgan fingerprint density at radius 2 is 1.97 bits per heavy atom. The highest BCUT2D eigenvalue weighted by molar-refractivity contribution is 5.94. The number of rotatable bonds is 9. The highest BCUT2D eigenvalue weighted by atomic mass is 16.5. The minimum absolute atomic E-state index is 0.183. The van der Waals surface area contributed by atoms with Crippen LogP contribution < -0.4 is 5.32 Å². The molecule has 1 heterocycles. The van der Waals surface area contributed by atoms with Crippen LogP contribution in [-0.4, -0.2) is 39.3 Å². The van der Waals surface area contributed by atoms with Gasteiger partial charge in [0.1, 0.15) is 6.04 Å². The van der Waals surface area contributed by atoms with E-state index in [1.54, 1.807) is 0 Å². The van der Waals surface area contributed by atoms with Crippen molar-refractivity contribution in [3.63, 3.8) is 0 Å². The van der Waals surface area contributed by atoms with Gasteiger partial charge in [-0.15, -0.1) is 0 Å². The van der Waals surface area contributed by atoms with E-state index in [9.17, 15) is 14.8 Å². The van der Waals surface area contributed by atoms with Gasteiger partial charge in [0.2, 0.25) is 24.0 Å². The number of hydrogen-bond donors (Lipinski definition) is 2. The van der Waals surface area contributed by atoms with Crippen LogP contribution in [0, 0.1) is 11.3 Å². The zero-order chi connectivity index (χ0) is 23.1. The first kappa shape index (κ1) is 23.7. The molecule has 8 heteroatoms. The van der Waals surface area contributed by atoms with Crippen molar-refractivity contribution in [1.29, 1.82) is 0 Å². The Morgan fingerprint density at radius 1 is 1.28 bits per heavy atom. The summed E-state index contributed by atoms with van der Waals surface area (Å²) in [6, 6.07) is 8.91. The maximum absolute atomic E-state index is 13.2. The van der Waals surface area contributed by atoms with Crippen LogP contribution in [0.5, 0.6) is 0 Å². The molecule has 1 atom stereocenters. The Kier molecular flexibility index (Phi) is 7.80. The topological polar surface area (TPSA) is 109 Å². The molecule has 1 aliphatic carbocycles. The first-order chi connectivity index (χ1) is 15.3. The van der Waals surface area contributed by atoms with Crippen molar-refractivity contribution in [3.8, 4) is 11.4 Å². The van der Waals surface area contributed by atoms with E-state index < -0.39 is 11.5 Å². The van der Waals surface area contributed by atoms with Crippen molar-refractivity contribution < 1.29 is 19.3 Å². The van der Waals surface area contributed by atoms with Crippen molar-refractivity contribution in [1.82, 2.24) is 20.5 Å².